The molecule has 0 radical (unpaired) electrons. The maximum atomic E-state index is 5.52. The van der Waals surface area contributed by atoms with E-state index >= 15 is 0 Å². The number of aromatic nitrogens is 2. The van der Waals surface area contributed by atoms with E-state index in [1.807, 2.05) is 49.4 Å². The normalized spacial score (nSPS) is 11.0. The Hall–Kier alpha value is -8.74. The number of aryl methyl sites for hydroxylation is 2. The smallest absolute Gasteiger partial charge is 0.0541 e. The molecule has 2 heterocycles. The van der Waals surface area contributed by atoms with Crippen molar-refractivity contribution in [2.75, 3.05) is 12.4 Å². The SMILES string of the molecule is C=CCC(=C)C=C.CC1C=C1.Cc1ccccc1N.Cn1c2ccccc2c2cc(-c3ccc4c(c3)c3ccccc3n4-c3ccccc3)ccc21.NCN.c1ccc(-c2ccc(-c3ccccc3)cc2)cc1. The van der Waals surface area contributed by atoms with E-state index in [1.165, 1.54) is 82.7 Å². The lowest BCUT2D eigenvalue weighted by molar-refractivity contribution is 1.01. The molecule has 364 valence electrons. The summed E-state index contributed by atoms with van der Waals surface area (Å²) < 4.78 is 4.65. The van der Waals surface area contributed by atoms with Gasteiger partial charge >= 0.3 is 0 Å². The highest BCUT2D eigenvalue weighted by molar-refractivity contribution is 6.12. The summed E-state index contributed by atoms with van der Waals surface area (Å²) in [6.07, 6.45) is 8.73. The van der Waals surface area contributed by atoms with Crippen molar-refractivity contribution in [2.45, 2.75) is 20.3 Å². The Labute approximate surface area is 432 Å². The summed E-state index contributed by atoms with van der Waals surface area (Å²) in [5, 5.41) is 5.17. The average molecular weight is 954 g/mol. The molecule has 1 aliphatic rings. The summed E-state index contributed by atoms with van der Waals surface area (Å²) in [6.45, 7) is 15.2. The first kappa shape index (κ1) is 52.1. The molecule has 0 amide bonds. The van der Waals surface area contributed by atoms with E-state index in [2.05, 4.69) is 255 Å². The summed E-state index contributed by atoms with van der Waals surface area (Å²) >= 11 is 0. The van der Waals surface area contributed by atoms with Crippen LogP contribution in [0.3, 0.4) is 0 Å². The predicted molar refractivity (Wildman–Crippen MR) is 319 cm³/mol. The van der Waals surface area contributed by atoms with E-state index in [-0.39, 0.29) is 6.67 Å². The van der Waals surface area contributed by atoms with Crippen LogP contribution in [0.2, 0.25) is 0 Å². The van der Waals surface area contributed by atoms with Gasteiger partial charge in [0, 0.05) is 57.7 Å². The second-order valence-electron chi connectivity index (χ2n) is 17.7. The molecule has 0 bridgehead atoms. The molecule has 5 heteroatoms. The molecule has 0 aliphatic heterocycles. The summed E-state index contributed by atoms with van der Waals surface area (Å²) in [4.78, 5) is 0. The topological polar surface area (TPSA) is 87.9 Å². The first-order valence-electron chi connectivity index (χ1n) is 24.7. The van der Waals surface area contributed by atoms with Crippen LogP contribution in [0.1, 0.15) is 18.9 Å². The number of nitrogen functional groups attached to an aromatic ring is 1. The van der Waals surface area contributed by atoms with E-state index in [4.69, 9.17) is 5.73 Å². The van der Waals surface area contributed by atoms with Crippen molar-refractivity contribution in [3.05, 3.63) is 280 Å². The number of rotatable bonds is 7. The molecule has 0 unspecified atom stereocenters. The summed E-state index contributed by atoms with van der Waals surface area (Å²) in [5.41, 5.74) is 31.5. The van der Waals surface area contributed by atoms with Crippen LogP contribution >= 0.6 is 0 Å². The van der Waals surface area contributed by atoms with Gasteiger partial charge < -0.3 is 26.3 Å². The highest BCUT2D eigenvalue weighted by Gasteiger charge is 2.14. The minimum absolute atomic E-state index is 0.250. The van der Waals surface area contributed by atoms with Crippen LogP contribution in [0.4, 0.5) is 5.69 Å². The standard InChI is InChI=1S/C31H22N2.C18H14.C7H9N.C7H10.C4H6.CH6N2/c1-32-28-13-7-5-11-24(28)26-19-21(15-17-29(26)32)22-16-18-31-27(20-22)25-12-6-8-14-30(25)33(31)23-9-3-2-4-10-23;1-3-7-15(8-4-1)17-11-13-18(14-12-17)16-9-5-2-6-10-16;1-6-4-2-3-5-7(6)8;1-4-6-7(3)5-2;1-4-2-3-4;2-1-3/h2-20H,1H3;1-14H;2-5H,8H2,1H3;4-5H,1-3,6H2;2-4H,1H3;1-3H2. The minimum atomic E-state index is 0.250. The number of nitrogens with two attached hydrogens (primary N) is 3. The fourth-order valence-corrected chi connectivity index (χ4v) is 8.44. The monoisotopic (exact) mass is 954 g/mol. The molecule has 0 saturated carbocycles. The van der Waals surface area contributed by atoms with Crippen molar-refractivity contribution >= 4 is 49.3 Å². The molecule has 0 spiro atoms. The lowest BCUT2D eigenvalue weighted by atomic mass is 10.0. The van der Waals surface area contributed by atoms with Crippen LogP contribution in [0.15, 0.2) is 274 Å². The minimum Gasteiger partial charge on any atom is -0.399 e. The molecular formula is C68H67N5. The summed E-state index contributed by atoms with van der Waals surface area (Å²) in [6, 6.07) is 79.1. The van der Waals surface area contributed by atoms with Gasteiger partial charge in [-0.3, -0.25) is 0 Å². The van der Waals surface area contributed by atoms with Crippen molar-refractivity contribution in [1.82, 2.24) is 9.13 Å². The maximum Gasteiger partial charge on any atom is 0.0541 e. The number of hydrogen-bond donors (Lipinski definition) is 3. The van der Waals surface area contributed by atoms with Crippen LogP contribution in [0.25, 0.3) is 82.7 Å². The Balaban J connectivity index is 0.000000162. The Bertz CT molecular complexity index is 3480. The highest BCUT2D eigenvalue weighted by Crippen LogP contribution is 2.37. The van der Waals surface area contributed by atoms with Crippen LogP contribution in [0.5, 0.6) is 0 Å². The quantitative estimate of drug-likeness (QED) is 0.0644. The first-order chi connectivity index (χ1) is 35.6. The molecular weight excluding hydrogens is 887 g/mol. The number of allylic oxidation sites excluding steroid dienone is 5. The molecule has 6 N–H and O–H groups in total. The van der Waals surface area contributed by atoms with Crippen LogP contribution in [-0.2, 0) is 7.05 Å². The number of nitrogens with zero attached hydrogens (tertiary/aromatic N) is 2. The van der Waals surface area contributed by atoms with Crippen molar-refractivity contribution < 1.29 is 0 Å². The molecule has 0 atom stereocenters. The predicted octanol–water partition coefficient (Wildman–Crippen LogP) is 17.1. The molecule has 5 nitrogen and oxygen atoms in total. The van der Waals surface area contributed by atoms with Gasteiger partial charge in [0.15, 0.2) is 0 Å². The molecule has 0 fully saturated rings. The third-order valence-electron chi connectivity index (χ3n) is 12.5. The fraction of sp³-hybridized carbons (Fsp3) is 0.0882. The second-order valence-corrected chi connectivity index (χ2v) is 17.7. The van der Waals surface area contributed by atoms with Gasteiger partial charge in [0.25, 0.3) is 0 Å². The molecule has 0 saturated heterocycles. The fourth-order valence-electron chi connectivity index (χ4n) is 8.44. The largest absolute Gasteiger partial charge is 0.399 e. The van der Waals surface area contributed by atoms with Gasteiger partial charge in [-0.25, -0.2) is 0 Å². The van der Waals surface area contributed by atoms with E-state index in [1.54, 1.807) is 6.08 Å². The lowest BCUT2D eigenvalue weighted by Gasteiger charge is -2.08. The molecule has 9 aromatic carbocycles. The van der Waals surface area contributed by atoms with Gasteiger partial charge in [-0.1, -0.05) is 220 Å². The van der Waals surface area contributed by atoms with E-state index in [0.29, 0.717) is 0 Å². The van der Waals surface area contributed by atoms with Crippen LogP contribution < -0.4 is 17.2 Å². The molecule has 73 heavy (non-hydrogen) atoms. The van der Waals surface area contributed by atoms with Crippen molar-refractivity contribution in [3.63, 3.8) is 0 Å². The number of hydrogen-bond acceptors (Lipinski definition) is 3. The molecule has 2 aromatic heterocycles. The van der Waals surface area contributed by atoms with E-state index in [0.717, 1.165) is 29.2 Å². The molecule has 11 aromatic rings. The van der Waals surface area contributed by atoms with Gasteiger partial charge in [0.1, 0.15) is 0 Å². The third kappa shape index (κ3) is 13.6. The van der Waals surface area contributed by atoms with E-state index < -0.39 is 0 Å². The van der Waals surface area contributed by atoms with Gasteiger partial charge in [-0.05, 0) is 113 Å². The van der Waals surface area contributed by atoms with Crippen LogP contribution in [-0.4, -0.2) is 15.8 Å². The lowest BCUT2D eigenvalue weighted by Crippen LogP contribution is -2.08. The number of para-hydroxylation sites is 4. The van der Waals surface area contributed by atoms with Crippen LogP contribution in [0, 0.1) is 12.8 Å². The highest BCUT2D eigenvalue weighted by atomic mass is 15.0. The zero-order chi connectivity index (χ0) is 51.5. The molecule has 1 aliphatic carbocycles. The average Bonchev–Trinajstić information content (AvgIpc) is 4.09. The third-order valence-corrected chi connectivity index (χ3v) is 12.5. The summed E-state index contributed by atoms with van der Waals surface area (Å²) in [5.74, 6) is 0.833. The zero-order valence-corrected chi connectivity index (χ0v) is 42.4. The van der Waals surface area contributed by atoms with Gasteiger partial charge in [0.05, 0.1) is 11.0 Å². The number of benzene rings is 9. The van der Waals surface area contributed by atoms with Gasteiger partial charge in [-0.2, -0.15) is 0 Å². The Kier molecular flexibility index (Phi) is 18.5. The second kappa shape index (κ2) is 25.9. The zero-order valence-electron chi connectivity index (χ0n) is 42.4. The number of fused-ring (bicyclic) bond motifs is 6. The maximum absolute atomic E-state index is 5.52. The Morgan fingerprint density at radius 1 is 0.479 bits per heavy atom. The van der Waals surface area contributed by atoms with Crippen molar-refractivity contribution in [3.8, 4) is 39.1 Å². The van der Waals surface area contributed by atoms with Crippen molar-refractivity contribution in [1.29, 1.82) is 0 Å². The summed E-state index contributed by atoms with van der Waals surface area (Å²) in [7, 11) is 2.15. The Morgan fingerprint density at radius 3 is 1.30 bits per heavy atom. The van der Waals surface area contributed by atoms with Gasteiger partial charge in [0.2, 0.25) is 0 Å². The Morgan fingerprint density at radius 2 is 0.849 bits per heavy atom. The van der Waals surface area contributed by atoms with Crippen molar-refractivity contribution in [2.24, 2.45) is 24.4 Å². The number of anilines is 1. The first-order valence-corrected chi connectivity index (χ1v) is 24.7. The van der Waals surface area contributed by atoms with E-state index in [9.17, 15) is 0 Å². The van der Waals surface area contributed by atoms with Gasteiger partial charge in [-0.15, -0.1) is 6.58 Å². The molecule has 12 rings (SSSR count).